The number of urea groups is 1. The van der Waals surface area contributed by atoms with E-state index in [1.54, 1.807) is 31.4 Å². The minimum Gasteiger partial charge on any atom is -0.497 e. The van der Waals surface area contributed by atoms with E-state index in [1.807, 2.05) is 31.3 Å². The number of aryl methyl sites for hydroxylation is 1. The van der Waals surface area contributed by atoms with Crippen LogP contribution in [-0.4, -0.2) is 34.6 Å². The van der Waals surface area contributed by atoms with Gasteiger partial charge in [0.15, 0.2) is 0 Å². The number of ether oxygens (including phenoxy) is 1. The van der Waals surface area contributed by atoms with Gasteiger partial charge in [0.2, 0.25) is 5.95 Å². The van der Waals surface area contributed by atoms with Crippen LogP contribution in [0.2, 0.25) is 0 Å². The van der Waals surface area contributed by atoms with Gasteiger partial charge in [-0.1, -0.05) is 0 Å². The number of rotatable bonds is 7. The summed E-state index contributed by atoms with van der Waals surface area (Å²) in [6.07, 6.45) is 2.74. The highest BCUT2D eigenvalue weighted by Crippen LogP contribution is 2.15. The fourth-order valence-electron chi connectivity index (χ4n) is 2.50. The first kappa shape index (κ1) is 18.2. The van der Waals surface area contributed by atoms with Gasteiger partial charge in [0.25, 0.3) is 0 Å². The van der Waals surface area contributed by atoms with Crippen LogP contribution in [0.25, 0.3) is 0 Å². The monoisotopic (exact) mass is 366 g/mol. The van der Waals surface area contributed by atoms with E-state index >= 15 is 0 Å². The number of methoxy groups -OCH3 is 1. The standard InChI is InChI=1S/C19H22N6O2/c1-13-12-17(21-11-9-14-4-3-10-20-14)24-18(22-13)25-19(26)23-15-5-7-16(27-2)8-6-15/h3-8,10,12,20H,9,11H2,1-2H3,(H3,21,22,23,24,25,26). The molecule has 0 atom stereocenters. The Morgan fingerprint density at radius 2 is 1.96 bits per heavy atom. The Kier molecular flexibility index (Phi) is 5.88. The van der Waals surface area contributed by atoms with Crippen LogP contribution >= 0.6 is 0 Å². The minimum absolute atomic E-state index is 0.239. The molecule has 3 rings (SSSR count). The molecule has 0 bridgehead atoms. The van der Waals surface area contributed by atoms with Crippen molar-refractivity contribution in [2.75, 3.05) is 29.6 Å². The average Bonchev–Trinajstić information content (AvgIpc) is 3.15. The Morgan fingerprint density at radius 3 is 2.67 bits per heavy atom. The summed E-state index contributed by atoms with van der Waals surface area (Å²) in [5.74, 6) is 1.62. The van der Waals surface area contributed by atoms with Gasteiger partial charge < -0.3 is 20.4 Å². The Morgan fingerprint density at radius 1 is 1.15 bits per heavy atom. The highest BCUT2D eigenvalue weighted by Gasteiger charge is 2.07. The first-order chi connectivity index (χ1) is 13.1. The Balaban J connectivity index is 1.56. The second-order valence-corrected chi connectivity index (χ2v) is 5.90. The average molecular weight is 366 g/mol. The lowest BCUT2D eigenvalue weighted by Gasteiger charge is -2.10. The number of nitrogens with zero attached hydrogens (tertiary/aromatic N) is 2. The maximum absolute atomic E-state index is 12.2. The fraction of sp³-hybridized carbons (Fsp3) is 0.211. The number of nitrogens with one attached hydrogen (secondary N) is 4. The highest BCUT2D eigenvalue weighted by molar-refractivity contribution is 5.98. The van der Waals surface area contributed by atoms with E-state index in [9.17, 15) is 4.79 Å². The zero-order chi connectivity index (χ0) is 19.1. The maximum atomic E-state index is 12.2. The van der Waals surface area contributed by atoms with Crippen molar-refractivity contribution in [3.63, 3.8) is 0 Å². The van der Waals surface area contributed by atoms with Gasteiger partial charge in [-0.2, -0.15) is 4.98 Å². The number of hydrogen-bond acceptors (Lipinski definition) is 5. The summed E-state index contributed by atoms with van der Waals surface area (Å²) in [5, 5.41) is 8.63. The van der Waals surface area contributed by atoms with Crippen LogP contribution in [0.5, 0.6) is 5.75 Å². The molecule has 0 radical (unpaired) electrons. The molecule has 8 heteroatoms. The molecule has 2 aromatic heterocycles. The number of carbonyl (C=O) groups is 1. The van der Waals surface area contributed by atoms with Crippen molar-refractivity contribution in [2.24, 2.45) is 0 Å². The van der Waals surface area contributed by atoms with Crippen LogP contribution in [-0.2, 0) is 6.42 Å². The molecule has 0 saturated carbocycles. The molecular formula is C19H22N6O2. The molecule has 0 fully saturated rings. The molecule has 2 heterocycles. The Hall–Kier alpha value is -3.55. The molecule has 0 unspecified atom stereocenters. The smallest absolute Gasteiger partial charge is 0.326 e. The third-order valence-corrected chi connectivity index (χ3v) is 3.79. The summed E-state index contributed by atoms with van der Waals surface area (Å²) in [5.41, 5.74) is 2.54. The minimum atomic E-state index is -0.414. The van der Waals surface area contributed by atoms with Crippen LogP contribution < -0.4 is 20.7 Å². The van der Waals surface area contributed by atoms with Crippen molar-refractivity contribution >= 4 is 23.5 Å². The van der Waals surface area contributed by atoms with Gasteiger partial charge in [-0.05, 0) is 43.3 Å². The van der Waals surface area contributed by atoms with E-state index in [-0.39, 0.29) is 5.95 Å². The van der Waals surface area contributed by atoms with E-state index in [0.29, 0.717) is 18.1 Å². The zero-order valence-corrected chi connectivity index (χ0v) is 15.2. The van der Waals surface area contributed by atoms with Crippen LogP contribution in [0.15, 0.2) is 48.7 Å². The van der Waals surface area contributed by atoms with E-state index in [4.69, 9.17) is 4.74 Å². The lowest BCUT2D eigenvalue weighted by molar-refractivity contribution is 0.262. The van der Waals surface area contributed by atoms with Gasteiger partial charge in [0.1, 0.15) is 11.6 Å². The van der Waals surface area contributed by atoms with Crippen LogP contribution in [0.1, 0.15) is 11.4 Å². The number of aromatic nitrogens is 3. The number of hydrogen-bond donors (Lipinski definition) is 4. The second-order valence-electron chi connectivity index (χ2n) is 5.90. The maximum Gasteiger partial charge on any atom is 0.326 e. The molecule has 3 aromatic rings. The van der Waals surface area contributed by atoms with Crippen molar-refractivity contribution in [3.05, 3.63) is 60.0 Å². The molecule has 1 aromatic carbocycles. The fourth-order valence-corrected chi connectivity index (χ4v) is 2.50. The van der Waals surface area contributed by atoms with Gasteiger partial charge in [-0.3, -0.25) is 5.32 Å². The van der Waals surface area contributed by atoms with Gasteiger partial charge in [0.05, 0.1) is 7.11 Å². The second kappa shape index (κ2) is 8.70. The predicted octanol–water partition coefficient (Wildman–Crippen LogP) is 3.42. The number of amides is 2. The topological polar surface area (TPSA) is 104 Å². The molecule has 2 amide bonds. The SMILES string of the molecule is COc1ccc(NC(=O)Nc2nc(C)cc(NCCc3ccc[nH]3)n2)cc1. The third kappa shape index (κ3) is 5.46. The number of anilines is 3. The molecule has 27 heavy (non-hydrogen) atoms. The largest absolute Gasteiger partial charge is 0.497 e. The first-order valence-electron chi connectivity index (χ1n) is 8.56. The molecule has 140 valence electrons. The van der Waals surface area contributed by atoms with E-state index in [2.05, 4.69) is 30.9 Å². The van der Waals surface area contributed by atoms with Crippen molar-refractivity contribution in [3.8, 4) is 5.75 Å². The van der Waals surface area contributed by atoms with Gasteiger partial charge in [-0.15, -0.1) is 0 Å². The Labute approximate surface area is 157 Å². The highest BCUT2D eigenvalue weighted by atomic mass is 16.5. The molecule has 0 saturated heterocycles. The number of H-pyrrole nitrogens is 1. The van der Waals surface area contributed by atoms with E-state index in [1.165, 1.54) is 0 Å². The molecule has 0 aliphatic rings. The lowest BCUT2D eigenvalue weighted by atomic mass is 10.3. The predicted molar refractivity (Wildman–Crippen MR) is 105 cm³/mol. The number of benzene rings is 1. The first-order valence-corrected chi connectivity index (χ1v) is 8.56. The summed E-state index contributed by atoms with van der Waals surface area (Å²) in [4.78, 5) is 23.9. The molecule has 8 nitrogen and oxygen atoms in total. The van der Waals surface area contributed by atoms with Gasteiger partial charge in [-0.25, -0.2) is 9.78 Å². The van der Waals surface area contributed by atoms with E-state index in [0.717, 1.165) is 23.6 Å². The van der Waals surface area contributed by atoms with Crippen LogP contribution in [0.4, 0.5) is 22.2 Å². The quantitative estimate of drug-likeness (QED) is 0.513. The van der Waals surface area contributed by atoms with Gasteiger partial charge >= 0.3 is 6.03 Å². The lowest BCUT2D eigenvalue weighted by Crippen LogP contribution is -2.21. The summed E-state index contributed by atoms with van der Waals surface area (Å²) in [6, 6.07) is 12.5. The number of aromatic amines is 1. The van der Waals surface area contributed by atoms with Crippen molar-refractivity contribution in [1.82, 2.24) is 15.0 Å². The normalized spacial score (nSPS) is 10.3. The number of carbonyl (C=O) groups excluding carboxylic acids is 1. The molecule has 0 spiro atoms. The molecular weight excluding hydrogens is 344 g/mol. The zero-order valence-electron chi connectivity index (χ0n) is 15.2. The third-order valence-electron chi connectivity index (χ3n) is 3.79. The van der Waals surface area contributed by atoms with Crippen LogP contribution in [0, 0.1) is 6.92 Å². The molecule has 0 aliphatic heterocycles. The van der Waals surface area contributed by atoms with E-state index < -0.39 is 6.03 Å². The molecule has 4 N–H and O–H groups in total. The van der Waals surface area contributed by atoms with Gasteiger partial charge in [0, 0.05) is 42.3 Å². The summed E-state index contributed by atoms with van der Waals surface area (Å²) in [7, 11) is 1.59. The summed E-state index contributed by atoms with van der Waals surface area (Å²) < 4.78 is 5.09. The van der Waals surface area contributed by atoms with Crippen molar-refractivity contribution < 1.29 is 9.53 Å². The van der Waals surface area contributed by atoms with Crippen molar-refractivity contribution in [2.45, 2.75) is 13.3 Å². The van der Waals surface area contributed by atoms with Crippen molar-refractivity contribution in [1.29, 1.82) is 0 Å². The summed E-state index contributed by atoms with van der Waals surface area (Å²) in [6.45, 7) is 2.57. The molecule has 0 aliphatic carbocycles. The Bertz CT molecular complexity index is 878. The van der Waals surface area contributed by atoms with Crippen LogP contribution in [0.3, 0.4) is 0 Å². The summed E-state index contributed by atoms with van der Waals surface area (Å²) >= 11 is 0.